The number of hydrogen-bond acceptors (Lipinski definition) is 4. The van der Waals surface area contributed by atoms with Gasteiger partial charge in [0.05, 0.1) is 7.11 Å². The van der Waals surface area contributed by atoms with E-state index in [1.165, 1.54) is 13.2 Å². The Labute approximate surface area is 148 Å². The smallest absolute Gasteiger partial charge is 0.329 e. The molecule has 24 heavy (non-hydrogen) atoms. The molecule has 1 N–H and O–H groups in total. The van der Waals surface area contributed by atoms with Crippen molar-refractivity contribution < 1.29 is 19.1 Å². The second-order valence-corrected chi connectivity index (χ2v) is 5.67. The standard InChI is InChI=1S/C17H17BrN2O4/c1-4-6-20-16(21)13(19-17(20)22)8-11-9-14(23-3)15(10-12(11)18)24-7-5-2/h4-5,8-10H,1-2,6-7H2,3H3,(H,19,22)/b13-8+. The van der Waals surface area contributed by atoms with Gasteiger partial charge in [-0.05, 0) is 23.8 Å². The quantitative estimate of drug-likeness (QED) is 0.439. The average molecular weight is 393 g/mol. The number of carbonyl (C=O) groups is 2. The molecule has 1 saturated heterocycles. The van der Waals surface area contributed by atoms with E-state index < -0.39 is 11.9 Å². The van der Waals surface area contributed by atoms with Crippen LogP contribution in [0.4, 0.5) is 4.79 Å². The minimum atomic E-state index is -0.472. The molecular weight excluding hydrogens is 376 g/mol. The van der Waals surface area contributed by atoms with Crippen LogP contribution in [0, 0.1) is 0 Å². The van der Waals surface area contributed by atoms with Crippen molar-refractivity contribution in [1.29, 1.82) is 0 Å². The second-order valence-electron chi connectivity index (χ2n) is 4.82. The van der Waals surface area contributed by atoms with Gasteiger partial charge in [-0.1, -0.05) is 34.7 Å². The zero-order valence-electron chi connectivity index (χ0n) is 13.2. The lowest BCUT2D eigenvalue weighted by Crippen LogP contribution is -2.30. The lowest BCUT2D eigenvalue weighted by molar-refractivity contribution is -0.122. The normalized spacial score (nSPS) is 15.4. The molecule has 3 amide bonds. The van der Waals surface area contributed by atoms with Crippen LogP contribution in [0.3, 0.4) is 0 Å². The summed E-state index contributed by atoms with van der Waals surface area (Å²) in [6.07, 6.45) is 4.70. The monoisotopic (exact) mass is 392 g/mol. The molecule has 0 unspecified atom stereocenters. The fourth-order valence-electron chi connectivity index (χ4n) is 2.10. The van der Waals surface area contributed by atoms with Crippen LogP contribution >= 0.6 is 15.9 Å². The maximum atomic E-state index is 12.2. The van der Waals surface area contributed by atoms with Crippen LogP contribution in [0.25, 0.3) is 6.08 Å². The Hall–Kier alpha value is -2.54. The van der Waals surface area contributed by atoms with Gasteiger partial charge in [0.15, 0.2) is 11.5 Å². The molecule has 0 atom stereocenters. The summed E-state index contributed by atoms with van der Waals surface area (Å²) in [6.45, 7) is 7.63. The predicted octanol–water partition coefficient (Wildman–Crippen LogP) is 3.10. The van der Waals surface area contributed by atoms with Crippen LogP contribution in [0.1, 0.15) is 5.56 Å². The van der Waals surface area contributed by atoms with E-state index in [0.29, 0.717) is 28.1 Å². The Morgan fingerprint density at radius 3 is 2.62 bits per heavy atom. The van der Waals surface area contributed by atoms with Gasteiger partial charge in [-0.15, -0.1) is 6.58 Å². The highest BCUT2D eigenvalue weighted by Crippen LogP contribution is 2.34. The van der Waals surface area contributed by atoms with Crippen molar-refractivity contribution in [2.75, 3.05) is 20.3 Å². The van der Waals surface area contributed by atoms with Gasteiger partial charge in [0.1, 0.15) is 12.3 Å². The highest BCUT2D eigenvalue weighted by molar-refractivity contribution is 9.10. The fourth-order valence-corrected chi connectivity index (χ4v) is 2.54. The van der Waals surface area contributed by atoms with Crippen molar-refractivity contribution in [3.8, 4) is 11.5 Å². The Kier molecular flexibility index (Phi) is 5.81. The number of hydrogen-bond donors (Lipinski definition) is 1. The van der Waals surface area contributed by atoms with E-state index in [2.05, 4.69) is 34.4 Å². The third-order valence-corrected chi connectivity index (χ3v) is 3.90. The number of carbonyl (C=O) groups excluding carboxylic acids is 2. The molecular formula is C17H17BrN2O4. The molecule has 0 radical (unpaired) electrons. The molecule has 1 heterocycles. The molecule has 1 aromatic rings. The third kappa shape index (κ3) is 3.68. The Morgan fingerprint density at radius 1 is 1.25 bits per heavy atom. The highest BCUT2D eigenvalue weighted by atomic mass is 79.9. The van der Waals surface area contributed by atoms with E-state index in [9.17, 15) is 9.59 Å². The molecule has 0 bridgehead atoms. The summed E-state index contributed by atoms with van der Waals surface area (Å²) >= 11 is 3.43. The average Bonchev–Trinajstić information content (AvgIpc) is 2.82. The minimum Gasteiger partial charge on any atom is -0.493 e. The number of ether oxygens (including phenoxy) is 2. The molecule has 126 valence electrons. The molecule has 2 rings (SSSR count). The van der Waals surface area contributed by atoms with Crippen LogP contribution in [0.15, 0.2) is 47.6 Å². The summed E-state index contributed by atoms with van der Waals surface area (Å²) < 4.78 is 11.5. The minimum absolute atomic E-state index is 0.154. The number of imide groups is 1. The zero-order chi connectivity index (χ0) is 17.7. The van der Waals surface area contributed by atoms with Crippen LogP contribution in [-0.2, 0) is 4.79 Å². The molecule has 7 heteroatoms. The first kappa shape index (κ1) is 17.8. The largest absolute Gasteiger partial charge is 0.493 e. The number of nitrogens with one attached hydrogen (secondary N) is 1. The lowest BCUT2D eigenvalue weighted by atomic mass is 10.1. The second kappa shape index (κ2) is 7.83. The number of methoxy groups -OCH3 is 1. The van der Waals surface area contributed by atoms with E-state index in [1.54, 1.807) is 24.3 Å². The number of urea groups is 1. The van der Waals surface area contributed by atoms with E-state index >= 15 is 0 Å². The van der Waals surface area contributed by atoms with E-state index in [0.717, 1.165) is 4.90 Å². The van der Waals surface area contributed by atoms with E-state index in [1.807, 2.05) is 0 Å². The van der Waals surface area contributed by atoms with Gasteiger partial charge in [0.25, 0.3) is 5.91 Å². The van der Waals surface area contributed by atoms with Gasteiger partial charge < -0.3 is 14.8 Å². The third-order valence-electron chi connectivity index (χ3n) is 3.21. The van der Waals surface area contributed by atoms with Crippen LogP contribution in [-0.4, -0.2) is 37.1 Å². The predicted molar refractivity (Wildman–Crippen MR) is 94.8 cm³/mol. The van der Waals surface area contributed by atoms with Gasteiger partial charge in [0, 0.05) is 11.0 Å². The number of nitrogens with zero attached hydrogens (tertiary/aromatic N) is 1. The van der Waals surface area contributed by atoms with Gasteiger partial charge in [0.2, 0.25) is 0 Å². The number of amides is 3. The molecule has 1 aliphatic heterocycles. The number of rotatable bonds is 7. The van der Waals surface area contributed by atoms with Gasteiger partial charge in [-0.3, -0.25) is 9.69 Å². The summed E-state index contributed by atoms with van der Waals surface area (Å²) in [5.74, 6) is 0.644. The van der Waals surface area contributed by atoms with E-state index in [-0.39, 0.29) is 12.2 Å². The van der Waals surface area contributed by atoms with Crippen molar-refractivity contribution in [1.82, 2.24) is 10.2 Å². The SMILES string of the molecule is C=CCOc1cc(Br)c(/C=C2/NC(=O)N(CC=C)C2=O)cc1OC. The number of benzene rings is 1. The van der Waals surface area contributed by atoms with Crippen molar-refractivity contribution in [3.63, 3.8) is 0 Å². The van der Waals surface area contributed by atoms with Gasteiger partial charge >= 0.3 is 6.03 Å². The summed E-state index contributed by atoms with van der Waals surface area (Å²) in [5, 5.41) is 2.55. The van der Waals surface area contributed by atoms with Crippen molar-refractivity contribution in [2.24, 2.45) is 0 Å². The maximum Gasteiger partial charge on any atom is 0.329 e. The van der Waals surface area contributed by atoms with Gasteiger partial charge in [-0.2, -0.15) is 0 Å². The molecule has 0 saturated carbocycles. The summed E-state index contributed by atoms with van der Waals surface area (Å²) in [7, 11) is 1.52. The van der Waals surface area contributed by atoms with E-state index in [4.69, 9.17) is 9.47 Å². The van der Waals surface area contributed by atoms with Crippen LogP contribution in [0.5, 0.6) is 11.5 Å². The summed E-state index contributed by atoms with van der Waals surface area (Å²) in [4.78, 5) is 25.1. The molecule has 1 aliphatic rings. The summed E-state index contributed by atoms with van der Waals surface area (Å²) in [5.41, 5.74) is 0.853. The van der Waals surface area contributed by atoms with Gasteiger partial charge in [-0.25, -0.2) is 4.79 Å². The highest BCUT2D eigenvalue weighted by Gasteiger charge is 2.32. The van der Waals surface area contributed by atoms with Crippen molar-refractivity contribution in [2.45, 2.75) is 0 Å². The summed E-state index contributed by atoms with van der Waals surface area (Å²) in [6, 6.07) is 2.97. The molecule has 0 aliphatic carbocycles. The Balaban J connectivity index is 2.35. The number of halogens is 1. The first-order valence-corrected chi connectivity index (χ1v) is 7.87. The lowest BCUT2D eigenvalue weighted by Gasteiger charge is -2.12. The zero-order valence-corrected chi connectivity index (χ0v) is 14.8. The van der Waals surface area contributed by atoms with Crippen LogP contribution in [0.2, 0.25) is 0 Å². The Bertz CT molecular complexity index is 728. The molecule has 0 aromatic heterocycles. The van der Waals surface area contributed by atoms with Crippen LogP contribution < -0.4 is 14.8 Å². The Morgan fingerprint density at radius 2 is 2.00 bits per heavy atom. The fraction of sp³-hybridized carbons (Fsp3) is 0.176. The molecule has 0 spiro atoms. The maximum absolute atomic E-state index is 12.2. The molecule has 6 nitrogen and oxygen atoms in total. The topological polar surface area (TPSA) is 67.9 Å². The first-order valence-electron chi connectivity index (χ1n) is 7.08. The first-order chi connectivity index (χ1) is 11.5. The molecule has 1 fully saturated rings. The van der Waals surface area contributed by atoms with Crippen molar-refractivity contribution in [3.05, 3.63) is 53.2 Å². The van der Waals surface area contributed by atoms with Crippen molar-refractivity contribution >= 4 is 33.9 Å². The molecule has 1 aromatic carbocycles.